The van der Waals surface area contributed by atoms with Gasteiger partial charge in [-0.25, -0.2) is 0 Å². The van der Waals surface area contributed by atoms with Gasteiger partial charge in [-0.2, -0.15) is 0 Å². The van der Waals surface area contributed by atoms with Crippen LogP contribution in [0.4, 0.5) is 0 Å². The van der Waals surface area contributed by atoms with Crippen LogP contribution in [0.5, 0.6) is 5.75 Å². The summed E-state index contributed by atoms with van der Waals surface area (Å²) in [5, 5.41) is 10.9. The van der Waals surface area contributed by atoms with Crippen molar-refractivity contribution in [3.63, 3.8) is 0 Å². The van der Waals surface area contributed by atoms with Crippen LogP contribution in [0.15, 0.2) is 18.2 Å². The average molecular weight is 261 g/mol. The third kappa shape index (κ3) is 2.82. The molecule has 0 aliphatic heterocycles. The van der Waals surface area contributed by atoms with Crippen molar-refractivity contribution < 1.29 is 9.84 Å². The second-order valence-corrected chi connectivity index (χ2v) is 4.93. The Morgan fingerprint density at radius 2 is 1.94 bits per heavy atom. The Hall–Kier alpha value is -0.440. The van der Waals surface area contributed by atoms with E-state index in [4.69, 9.17) is 27.9 Å². The van der Waals surface area contributed by atoms with Gasteiger partial charge < -0.3 is 9.84 Å². The van der Waals surface area contributed by atoms with Crippen molar-refractivity contribution in [3.8, 4) is 5.75 Å². The van der Waals surface area contributed by atoms with Crippen LogP contribution in [0.1, 0.15) is 25.7 Å². The monoisotopic (exact) mass is 260 g/mol. The summed E-state index contributed by atoms with van der Waals surface area (Å²) >= 11 is 11.8. The van der Waals surface area contributed by atoms with E-state index in [2.05, 4.69) is 0 Å². The average Bonchev–Trinajstić information content (AvgIpc) is 2.25. The highest BCUT2D eigenvalue weighted by Gasteiger charge is 2.25. The molecule has 0 bridgehead atoms. The van der Waals surface area contributed by atoms with E-state index in [9.17, 15) is 5.11 Å². The summed E-state index contributed by atoms with van der Waals surface area (Å²) in [6.07, 6.45) is 3.30. The highest BCUT2D eigenvalue weighted by molar-refractivity contribution is 6.35. The van der Waals surface area contributed by atoms with Crippen LogP contribution >= 0.6 is 23.2 Å². The Kier molecular flexibility index (Phi) is 3.95. The lowest BCUT2D eigenvalue weighted by atomic mass is 9.95. The van der Waals surface area contributed by atoms with E-state index in [1.54, 1.807) is 18.2 Å². The summed E-state index contributed by atoms with van der Waals surface area (Å²) in [5.74, 6) is 0.594. The highest BCUT2D eigenvalue weighted by atomic mass is 35.5. The molecule has 0 unspecified atom stereocenters. The molecule has 1 aromatic rings. The molecule has 1 saturated carbocycles. The van der Waals surface area contributed by atoms with E-state index in [-0.39, 0.29) is 12.2 Å². The van der Waals surface area contributed by atoms with E-state index in [1.807, 2.05) is 0 Å². The third-order valence-electron chi connectivity index (χ3n) is 2.84. The minimum Gasteiger partial charge on any atom is -0.486 e. The predicted octanol–water partition coefficient (Wildman–Crippen LogP) is 3.68. The number of hydrogen-bond donors (Lipinski definition) is 1. The number of aliphatic hydroxyl groups excluding tert-OH is 1. The topological polar surface area (TPSA) is 29.5 Å². The molecule has 0 saturated heterocycles. The number of aliphatic hydroxyl groups is 1. The molecule has 1 aliphatic rings. The van der Waals surface area contributed by atoms with Gasteiger partial charge in [0.15, 0.2) is 0 Å². The van der Waals surface area contributed by atoms with E-state index < -0.39 is 0 Å². The minimum absolute atomic E-state index is 0.146. The first-order valence-corrected chi connectivity index (χ1v) is 6.22. The van der Waals surface area contributed by atoms with E-state index in [0.29, 0.717) is 15.8 Å². The summed E-state index contributed by atoms with van der Waals surface area (Å²) in [7, 11) is 0. The molecular formula is C12H14Cl2O2. The Labute approximate surface area is 105 Å². The molecule has 16 heavy (non-hydrogen) atoms. The first kappa shape index (κ1) is 12.0. The molecule has 0 radical (unpaired) electrons. The molecule has 0 aromatic heterocycles. The lowest BCUT2D eigenvalue weighted by Crippen LogP contribution is -2.34. The summed E-state index contributed by atoms with van der Waals surface area (Å²) in [5.41, 5.74) is 0. The maximum absolute atomic E-state index is 9.78. The smallest absolute Gasteiger partial charge is 0.138 e. The van der Waals surface area contributed by atoms with Crippen molar-refractivity contribution in [3.05, 3.63) is 28.2 Å². The fourth-order valence-corrected chi connectivity index (χ4v) is 2.40. The van der Waals surface area contributed by atoms with Crippen molar-refractivity contribution in [2.75, 3.05) is 0 Å². The lowest BCUT2D eigenvalue weighted by molar-refractivity contribution is 0.00693. The Morgan fingerprint density at radius 3 is 2.62 bits per heavy atom. The molecule has 0 amide bonds. The minimum atomic E-state index is -0.388. The molecule has 0 spiro atoms. The SMILES string of the molecule is O[C@H]1CCCC[C@@H]1Oc1ccc(Cl)cc1Cl. The molecule has 2 nitrogen and oxygen atoms in total. The van der Waals surface area contributed by atoms with Gasteiger partial charge in [0.2, 0.25) is 0 Å². The third-order valence-corrected chi connectivity index (χ3v) is 3.37. The zero-order chi connectivity index (χ0) is 11.5. The molecular weight excluding hydrogens is 247 g/mol. The molecule has 2 atom stereocenters. The van der Waals surface area contributed by atoms with Crippen molar-refractivity contribution in [2.45, 2.75) is 37.9 Å². The van der Waals surface area contributed by atoms with Crippen molar-refractivity contribution in [2.24, 2.45) is 0 Å². The number of halogens is 2. The lowest BCUT2D eigenvalue weighted by Gasteiger charge is -2.28. The number of rotatable bonds is 2. The molecule has 4 heteroatoms. The normalized spacial score (nSPS) is 25.4. The Balaban J connectivity index is 2.07. The maximum atomic E-state index is 9.78. The number of hydrogen-bond acceptors (Lipinski definition) is 2. The maximum Gasteiger partial charge on any atom is 0.138 e. The first-order chi connectivity index (χ1) is 7.66. The Bertz CT molecular complexity index is 368. The molecule has 1 fully saturated rings. The zero-order valence-electron chi connectivity index (χ0n) is 8.83. The van der Waals surface area contributed by atoms with Crippen LogP contribution in [0, 0.1) is 0 Å². The second kappa shape index (κ2) is 5.26. The summed E-state index contributed by atoms with van der Waals surface area (Å²) in [4.78, 5) is 0. The highest BCUT2D eigenvalue weighted by Crippen LogP contribution is 2.31. The standard InChI is InChI=1S/C12H14Cl2O2/c13-8-5-6-11(9(14)7-8)16-12-4-2-1-3-10(12)15/h5-7,10,12,15H,1-4H2/t10-,12-/m0/s1. The van der Waals surface area contributed by atoms with Crippen molar-refractivity contribution >= 4 is 23.2 Å². The van der Waals surface area contributed by atoms with E-state index in [1.165, 1.54) is 0 Å². The van der Waals surface area contributed by atoms with Gasteiger partial charge in [-0.3, -0.25) is 0 Å². The zero-order valence-corrected chi connectivity index (χ0v) is 10.3. The summed E-state index contributed by atoms with van der Waals surface area (Å²) < 4.78 is 5.71. The van der Waals surface area contributed by atoms with Gasteiger partial charge in [-0.15, -0.1) is 0 Å². The van der Waals surface area contributed by atoms with Crippen LogP contribution in [-0.2, 0) is 0 Å². The molecule has 2 rings (SSSR count). The first-order valence-electron chi connectivity index (χ1n) is 5.46. The molecule has 1 aliphatic carbocycles. The van der Waals surface area contributed by atoms with Gasteiger partial charge in [-0.05, 0) is 37.5 Å². The van der Waals surface area contributed by atoms with Crippen LogP contribution in [0.25, 0.3) is 0 Å². The molecule has 1 aromatic carbocycles. The van der Waals surface area contributed by atoms with Crippen molar-refractivity contribution in [1.82, 2.24) is 0 Å². The van der Waals surface area contributed by atoms with Crippen molar-refractivity contribution in [1.29, 1.82) is 0 Å². The van der Waals surface area contributed by atoms with Crippen LogP contribution in [0.3, 0.4) is 0 Å². The van der Waals surface area contributed by atoms with Gasteiger partial charge in [0.1, 0.15) is 11.9 Å². The molecule has 1 N–H and O–H groups in total. The number of benzene rings is 1. The second-order valence-electron chi connectivity index (χ2n) is 4.08. The largest absolute Gasteiger partial charge is 0.486 e. The summed E-state index contributed by atoms with van der Waals surface area (Å²) in [6.45, 7) is 0. The number of ether oxygens (including phenoxy) is 1. The summed E-state index contributed by atoms with van der Waals surface area (Å²) in [6, 6.07) is 5.12. The van der Waals surface area contributed by atoms with E-state index >= 15 is 0 Å². The van der Waals surface area contributed by atoms with Crippen LogP contribution in [-0.4, -0.2) is 17.3 Å². The fourth-order valence-electron chi connectivity index (χ4n) is 1.95. The molecule has 88 valence electrons. The van der Waals surface area contributed by atoms with Gasteiger partial charge in [0.05, 0.1) is 11.1 Å². The van der Waals surface area contributed by atoms with E-state index in [0.717, 1.165) is 25.7 Å². The molecule has 0 heterocycles. The van der Waals surface area contributed by atoms with Gasteiger partial charge in [0.25, 0.3) is 0 Å². The van der Waals surface area contributed by atoms with Gasteiger partial charge in [-0.1, -0.05) is 29.6 Å². The van der Waals surface area contributed by atoms with Crippen LogP contribution in [0.2, 0.25) is 10.0 Å². The van der Waals surface area contributed by atoms with Crippen LogP contribution < -0.4 is 4.74 Å². The Morgan fingerprint density at radius 1 is 1.19 bits per heavy atom. The quantitative estimate of drug-likeness (QED) is 0.880. The van der Waals surface area contributed by atoms with Gasteiger partial charge in [0, 0.05) is 5.02 Å². The predicted molar refractivity (Wildman–Crippen MR) is 65.4 cm³/mol. The van der Waals surface area contributed by atoms with Gasteiger partial charge >= 0.3 is 0 Å². The fraction of sp³-hybridized carbons (Fsp3) is 0.500.